The van der Waals surface area contributed by atoms with Crippen LogP contribution in [-0.4, -0.2) is 42.3 Å². The number of benzene rings is 2. The normalized spacial score (nSPS) is 15.6. The lowest BCUT2D eigenvalue weighted by Crippen LogP contribution is -2.27. The summed E-state index contributed by atoms with van der Waals surface area (Å²) in [6.45, 7) is 5.79. The first-order valence-corrected chi connectivity index (χ1v) is 10.7. The van der Waals surface area contributed by atoms with Gasteiger partial charge in [-0.05, 0) is 73.7 Å². The zero-order valence-electron chi connectivity index (χ0n) is 18.0. The van der Waals surface area contributed by atoms with Crippen molar-refractivity contribution in [1.29, 1.82) is 0 Å². The number of hydrogen-bond acceptors (Lipinski definition) is 5. The zero-order valence-corrected chi connectivity index (χ0v) is 18.0. The highest BCUT2D eigenvalue weighted by molar-refractivity contribution is 6.03. The van der Waals surface area contributed by atoms with E-state index in [1.807, 2.05) is 54.3 Å². The van der Waals surface area contributed by atoms with E-state index in [-0.39, 0.29) is 18.3 Å². The first kappa shape index (κ1) is 20.8. The minimum absolute atomic E-state index is 0.0942. The molecular weight excluding hydrogens is 390 g/mol. The van der Waals surface area contributed by atoms with Crippen LogP contribution in [-0.2, 0) is 9.53 Å². The number of likely N-dealkylation sites (tertiary alicyclic amines) is 1. The Morgan fingerprint density at radius 2 is 1.84 bits per heavy atom. The van der Waals surface area contributed by atoms with Crippen LogP contribution in [0.1, 0.15) is 47.7 Å². The molecule has 1 saturated heterocycles. The van der Waals surface area contributed by atoms with Gasteiger partial charge >= 0.3 is 5.97 Å². The number of hydrogen-bond donors (Lipinski definition) is 1. The topological polar surface area (TPSA) is 85.0 Å². The number of rotatable bonds is 4. The fourth-order valence-electron chi connectivity index (χ4n) is 4.12. The number of aliphatic imine (C=N–C) groups is 1. The van der Waals surface area contributed by atoms with Gasteiger partial charge in [0, 0.05) is 36.2 Å². The largest absolute Gasteiger partial charge is 0.463 e. The van der Waals surface area contributed by atoms with Gasteiger partial charge in [-0.2, -0.15) is 0 Å². The van der Waals surface area contributed by atoms with Gasteiger partial charge in [-0.15, -0.1) is 0 Å². The van der Waals surface area contributed by atoms with Gasteiger partial charge < -0.3 is 15.4 Å². The Balaban J connectivity index is 1.66. The zero-order chi connectivity index (χ0) is 22.0. The van der Waals surface area contributed by atoms with Crippen LogP contribution in [0.3, 0.4) is 0 Å². The molecule has 0 unspecified atom stereocenters. The van der Waals surface area contributed by atoms with Gasteiger partial charge in [0.05, 0.1) is 12.3 Å². The molecule has 1 fully saturated rings. The van der Waals surface area contributed by atoms with Gasteiger partial charge in [0.1, 0.15) is 5.84 Å². The molecule has 0 bridgehead atoms. The van der Waals surface area contributed by atoms with Crippen molar-refractivity contribution in [2.45, 2.75) is 33.1 Å². The number of ether oxygens (including phenoxy) is 1. The van der Waals surface area contributed by atoms with E-state index in [9.17, 15) is 9.59 Å². The van der Waals surface area contributed by atoms with E-state index >= 15 is 0 Å². The lowest BCUT2D eigenvalue weighted by atomic mass is 9.95. The molecule has 0 aromatic heterocycles. The van der Waals surface area contributed by atoms with Crippen LogP contribution >= 0.6 is 0 Å². The highest BCUT2D eigenvalue weighted by atomic mass is 16.5. The molecule has 2 N–H and O–H groups in total. The summed E-state index contributed by atoms with van der Waals surface area (Å²) in [5, 5.41) is 0. The number of carbonyl (C=O) groups is 2. The van der Waals surface area contributed by atoms with Crippen LogP contribution in [0.2, 0.25) is 0 Å². The maximum atomic E-state index is 12.6. The van der Waals surface area contributed by atoms with E-state index < -0.39 is 0 Å². The van der Waals surface area contributed by atoms with Crippen molar-refractivity contribution in [3.63, 3.8) is 0 Å². The second-order valence-electron chi connectivity index (χ2n) is 7.97. The van der Waals surface area contributed by atoms with Gasteiger partial charge in [-0.25, -0.2) is 9.79 Å². The Bertz CT molecular complexity index is 1080. The lowest BCUT2D eigenvalue weighted by Gasteiger charge is -2.16. The van der Waals surface area contributed by atoms with E-state index in [1.165, 1.54) is 0 Å². The van der Waals surface area contributed by atoms with E-state index in [1.54, 1.807) is 6.92 Å². The number of amides is 1. The average Bonchev–Trinajstić information content (AvgIpc) is 3.24. The monoisotopic (exact) mass is 417 g/mol. The van der Waals surface area contributed by atoms with Crippen molar-refractivity contribution in [3.8, 4) is 11.1 Å². The Hall–Kier alpha value is -3.41. The van der Waals surface area contributed by atoms with Crippen LogP contribution in [0, 0.1) is 6.92 Å². The summed E-state index contributed by atoms with van der Waals surface area (Å²) in [6.07, 6.45) is 4.22. The molecule has 0 atom stereocenters. The Kier molecular flexibility index (Phi) is 5.89. The molecule has 4 rings (SSSR count). The molecule has 1 amide bonds. The second-order valence-corrected chi connectivity index (χ2v) is 7.97. The van der Waals surface area contributed by atoms with E-state index in [2.05, 4.69) is 4.99 Å². The molecule has 2 aliphatic heterocycles. The second kappa shape index (κ2) is 8.76. The highest BCUT2D eigenvalue weighted by Crippen LogP contribution is 2.34. The average molecular weight is 418 g/mol. The maximum absolute atomic E-state index is 12.6. The number of esters is 1. The van der Waals surface area contributed by atoms with Crippen molar-refractivity contribution in [1.82, 2.24) is 4.90 Å². The summed E-state index contributed by atoms with van der Waals surface area (Å²) in [7, 11) is 0. The van der Waals surface area contributed by atoms with Crippen LogP contribution < -0.4 is 5.73 Å². The minimum Gasteiger partial charge on any atom is -0.463 e. The number of fused-ring (bicyclic) bond motifs is 1. The highest BCUT2D eigenvalue weighted by Gasteiger charge is 2.20. The Labute approximate surface area is 182 Å². The SMILES string of the molecule is CCOC(=O)C1=Cc2cc(C)c(-c3ccc(C(=O)N4CCCC4)cc3)cc2N=C(N)C1. The van der Waals surface area contributed by atoms with Crippen molar-refractivity contribution in [2.75, 3.05) is 19.7 Å². The maximum Gasteiger partial charge on any atom is 0.334 e. The van der Waals surface area contributed by atoms with Crippen molar-refractivity contribution in [2.24, 2.45) is 10.7 Å². The van der Waals surface area contributed by atoms with Crippen LogP contribution in [0.5, 0.6) is 0 Å². The van der Waals surface area contributed by atoms with Crippen molar-refractivity contribution in [3.05, 3.63) is 58.7 Å². The van der Waals surface area contributed by atoms with Crippen molar-refractivity contribution < 1.29 is 14.3 Å². The summed E-state index contributed by atoms with van der Waals surface area (Å²) in [5.74, 6) is 0.101. The first-order valence-electron chi connectivity index (χ1n) is 10.7. The van der Waals surface area contributed by atoms with Gasteiger partial charge in [0.2, 0.25) is 0 Å². The molecule has 2 aliphatic rings. The molecule has 160 valence electrons. The molecule has 2 heterocycles. The molecule has 6 nitrogen and oxygen atoms in total. The third kappa shape index (κ3) is 4.38. The Morgan fingerprint density at radius 3 is 2.52 bits per heavy atom. The minimum atomic E-state index is -0.367. The fraction of sp³-hybridized carbons (Fsp3) is 0.320. The van der Waals surface area contributed by atoms with Crippen LogP contribution in [0.15, 0.2) is 47.0 Å². The molecular formula is C25H27N3O3. The molecule has 0 spiro atoms. The third-order valence-corrected chi connectivity index (χ3v) is 5.71. The fourth-order valence-corrected chi connectivity index (χ4v) is 4.12. The molecule has 0 aliphatic carbocycles. The number of amidine groups is 1. The first-order chi connectivity index (χ1) is 15.0. The van der Waals surface area contributed by atoms with Gasteiger partial charge in [-0.3, -0.25) is 4.79 Å². The standard InChI is InChI=1S/C25H27N3O3/c1-3-31-25(30)20-13-19-12-16(2)21(15-22(19)27-23(26)14-20)17-6-8-18(9-7-17)24(29)28-10-4-5-11-28/h6-9,12-13,15H,3-5,10-11,14H2,1-2H3,(H2,26,27). The summed E-state index contributed by atoms with van der Waals surface area (Å²) in [5.41, 5.74) is 11.9. The van der Waals surface area contributed by atoms with Gasteiger partial charge in [-0.1, -0.05) is 12.1 Å². The predicted octanol–water partition coefficient (Wildman–Crippen LogP) is 4.24. The van der Waals surface area contributed by atoms with Gasteiger partial charge in [0.15, 0.2) is 0 Å². The van der Waals surface area contributed by atoms with Gasteiger partial charge in [0.25, 0.3) is 5.91 Å². The summed E-state index contributed by atoms with van der Waals surface area (Å²) < 4.78 is 5.14. The number of carbonyl (C=O) groups excluding carboxylic acids is 2. The molecule has 0 saturated carbocycles. The summed E-state index contributed by atoms with van der Waals surface area (Å²) in [6, 6.07) is 11.7. The predicted molar refractivity (Wildman–Crippen MR) is 122 cm³/mol. The van der Waals surface area contributed by atoms with Crippen molar-refractivity contribution >= 4 is 29.5 Å². The van der Waals surface area contributed by atoms with Crippen LogP contribution in [0.4, 0.5) is 5.69 Å². The third-order valence-electron chi connectivity index (χ3n) is 5.71. The number of nitrogens with zero attached hydrogens (tertiary/aromatic N) is 2. The smallest absolute Gasteiger partial charge is 0.334 e. The van der Waals surface area contributed by atoms with E-state index in [0.29, 0.717) is 23.6 Å². The molecule has 31 heavy (non-hydrogen) atoms. The molecule has 2 aromatic rings. The van der Waals surface area contributed by atoms with Crippen LogP contribution in [0.25, 0.3) is 17.2 Å². The quantitative estimate of drug-likeness (QED) is 0.754. The number of nitrogens with two attached hydrogens (primary N) is 1. The summed E-state index contributed by atoms with van der Waals surface area (Å²) >= 11 is 0. The molecule has 2 aromatic carbocycles. The van der Waals surface area contributed by atoms with E-state index in [0.717, 1.165) is 53.9 Å². The number of aryl methyl sites for hydroxylation is 1. The molecule has 6 heteroatoms. The molecule has 0 radical (unpaired) electrons. The van der Waals surface area contributed by atoms with E-state index in [4.69, 9.17) is 10.5 Å². The lowest BCUT2D eigenvalue weighted by molar-refractivity contribution is -0.138. The Morgan fingerprint density at radius 1 is 1.13 bits per heavy atom. The summed E-state index contributed by atoms with van der Waals surface area (Å²) in [4.78, 5) is 31.3.